The van der Waals surface area contributed by atoms with Gasteiger partial charge in [0.05, 0.1) is 10.0 Å². The monoisotopic (exact) mass is 284 g/mol. The molecule has 0 unspecified atom stereocenters. The first-order chi connectivity index (χ1) is 6.75. The summed E-state index contributed by atoms with van der Waals surface area (Å²) in [6, 6.07) is 1.74. The molecule has 1 rings (SSSR count). The van der Waals surface area contributed by atoms with Crippen LogP contribution in [0.25, 0.3) is 0 Å². The third-order valence-corrected chi connectivity index (χ3v) is 2.28. The van der Waals surface area contributed by atoms with Crippen molar-refractivity contribution in [3.05, 3.63) is 33.8 Å². The number of hydrogen-bond donors (Lipinski definition) is 0. The smallest absolute Gasteiger partial charge is 0.287 e. The summed E-state index contributed by atoms with van der Waals surface area (Å²) in [6.07, 6.45) is 0. The first kappa shape index (κ1) is 12.2. The van der Waals surface area contributed by atoms with Crippen LogP contribution in [0.3, 0.4) is 0 Å². The van der Waals surface area contributed by atoms with E-state index in [2.05, 4.69) is 15.9 Å². The Bertz CT molecular complexity index is 411. The van der Waals surface area contributed by atoms with Crippen molar-refractivity contribution in [2.75, 3.05) is 0 Å². The van der Waals surface area contributed by atoms with Gasteiger partial charge in [0.15, 0.2) is 5.82 Å². The molecule has 0 atom stereocenters. The van der Waals surface area contributed by atoms with Gasteiger partial charge in [0, 0.05) is 6.92 Å². The van der Waals surface area contributed by atoms with Gasteiger partial charge in [0.2, 0.25) is 5.78 Å². The second kappa shape index (κ2) is 3.92. The van der Waals surface area contributed by atoms with Crippen molar-refractivity contribution in [3.63, 3.8) is 0 Å². The predicted octanol–water partition coefficient (Wildman–Crippen LogP) is 3.57. The van der Waals surface area contributed by atoms with Crippen LogP contribution in [0.4, 0.5) is 17.6 Å². The van der Waals surface area contributed by atoms with Crippen LogP contribution in [0, 0.1) is 11.6 Å². The van der Waals surface area contributed by atoms with E-state index < -0.39 is 28.9 Å². The fourth-order valence-corrected chi connectivity index (χ4v) is 1.29. The minimum absolute atomic E-state index is 0.239. The maximum Gasteiger partial charge on any atom is 0.307 e. The molecule has 0 saturated heterocycles. The summed E-state index contributed by atoms with van der Waals surface area (Å²) in [7, 11) is 0. The zero-order valence-electron chi connectivity index (χ0n) is 7.45. The lowest BCUT2D eigenvalue weighted by Crippen LogP contribution is -2.26. The highest BCUT2D eigenvalue weighted by Crippen LogP contribution is 2.27. The van der Waals surface area contributed by atoms with Gasteiger partial charge in [0.25, 0.3) is 0 Å². The average Bonchev–Trinajstić information content (AvgIpc) is 2.10. The molecule has 0 aliphatic carbocycles. The molecule has 0 radical (unpaired) electrons. The van der Waals surface area contributed by atoms with Gasteiger partial charge in [-0.1, -0.05) is 0 Å². The standard InChI is InChI=1S/C9H5BrF4O/c1-9(13,14)8(15)6-5(11)3-2-4(10)7(6)12/h2-3H,1H3. The Balaban J connectivity index is 3.38. The number of halogens is 5. The molecular formula is C9H5BrF4O. The van der Waals surface area contributed by atoms with Crippen molar-refractivity contribution in [1.82, 2.24) is 0 Å². The summed E-state index contributed by atoms with van der Waals surface area (Å²) in [5.41, 5.74) is -1.23. The zero-order chi connectivity index (χ0) is 11.8. The molecule has 1 aromatic rings. The van der Waals surface area contributed by atoms with Crippen molar-refractivity contribution in [1.29, 1.82) is 0 Å². The molecule has 0 heterocycles. The second-order valence-electron chi connectivity index (χ2n) is 2.94. The SMILES string of the molecule is CC(F)(F)C(=O)c1c(F)ccc(Br)c1F. The van der Waals surface area contributed by atoms with Gasteiger partial charge in [-0.2, -0.15) is 8.78 Å². The molecule has 15 heavy (non-hydrogen) atoms. The molecule has 0 spiro atoms. The summed E-state index contributed by atoms with van der Waals surface area (Å²) in [6.45, 7) is 0.287. The topological polar surface area (TPSA) is 17.1 Å². The van der Waals surface area contributed by atoms with Gasteiger partial charge >= 0.3 is 5.92 Å². The van der Waals surface area contributed by atoms with E-state index in [0.717, 1.165) is 12.1 Å². The molecule has 0 bridgehead atoms. The Hall–Kier alpha value is -0.910. The molecule has 6 heteroatoms. The highest BCUT2D eigenvalue weighted by Gasteiger charge is 2.37. The number of carbonyl (C=O) groups is 1. The molecule has 1 aromatic carbocycles. The molecule has 0 saturated carbocycles. The molecule has 82 valence electrons. The van der Waals surface area contributed by atoms with Crippen molar-refractivity contribution >= 4 is 21.7 Å². The fourth-order valence-electron chi connectivity index (χ4n) is 0.955. The minimum Gasteiger partial charge on any atom is -0.287 e. The first-order valence-electron chi connectivity index (χ1n) is 3.81. The third kappa shape index (κ3) is 2.37. The molecule has 0 aromatic heterocycles. The van der Waals surface area contributed by atoms with Crippen LogP contribution >= 0.6 is 15.9 Å². The normalized spacial score (nSPS) is 11.6. The van der Waals surface area contributed by atoms with E-state index in [0.29, 0.717) is 0 Å². The Morgan fingerprint density at radius 1 is 1.33 bits per heavy atom. The first-order valence-corrected chi connectivity index (χ1v) is 4.60. The number of hydrogen-bond acceptors (Lipinski definition) is 1. The number of benzene rings is 1. The molecule has 1 nitrogen and oxygen atoms in total. The Morgan fingerprint density at radius 3 is 2.33 bits per heavy atom. The number of carbonyl (C=O) groups excluding carboxylic acids is 1. The van der Waals surface area contributed by atoms with Crippen molar-refractivity contribution in [3.8, 4) is 0 Å². The van der Waals surface area contributed by atoms with Crippen LogP contribution in [0.2, 0.25) is 0 Å². The molecular weight excluding hydrogens is 280 g/mol. The van der Waals surface area contributed by atoms with E-state index in [1.165, 1.54) is 0 Å². The fraction of sp³-hybridized carbons (Fsp3) is 0.222. The molecule has 0 N–H and O–H groups in total. The maximum atomic E-state index is 13.2. The lowest BCUT2D eigenvalue weighted by molar-refractivity contribution is 0.0212. The third-order valence-electron chi connectivity index (χ3n) is 1.67. The van der Waals surface area contributed by atoms with Crippen molar-refractivity contribution in [2.24, 2.45) is 0 Å². The van der Waals surface area contributed by atoms with Gasteiger partial charge in [-0.15, -0.1) is 0 Å². The molecule has 0 fully saturated rings. The molecule has 0 aliphatic rings. The van der Waals surface area contributed by atoms with Crippen LogP contribution in [0.5, 0.6) is 0 Å². The van der Waals surface area contributed by atoms with Crippen molar-refractivity contribution < 1.29 is 22.4 Å². The van der Waals surface area contributed by atoms with E-state index >= 15 is 0 Å². The quantitative estimate of drug-likeness (QED) is 0.461. The summed E-state index contributed by atoms with van der Waals surface area (Å²) >= 11 is 2.68. The van der Waals surface area contributed by atoms with Gasteiger partial charge < -0.3 is 0 Å². The highest BCUT2D eigenvalue weighted by molar-refractivity contribution is 9.10. The summed E-state index contributed by atoms with van der Waals surface area (Å²) < 4.78 is 51.1. The Kier molecular flexibility index (Phi) is 3.18. The number of ketones is 1. The van der Waals surface area contributed by atoms with E-state index in [1.807, 2.05) is 0 Å². The Labute approximate surface area is 91.2 Å². The lowest BCUT2D eigenvalue weighted by atomic mass is 10.1. The largest absolute Gasteiger partial charge is 0.307 e. The van der Waals surface area contributed by atoms with Crippen LogP contribution in [0.15, 0.2) is 16.6 Å². The van der Waals surface area contributed by atoms with E-state index in [1.54, 1.807) is 0 Å². The Morgan fingerprint density at radius 2 is 1.87 bits per heavy atom. The average molecular weight is 285 g/mol. The molecule has 0 amide bonds. The van der Waals surface area contributed by atoms with Crippen LogP contribution < -0.4 is 0 Å². The number of alkyl halides is 2. The maximum absolute atomic E-state index is 13.2. The van der Waals surface area contributed by atoms with Gasteiger partial charge in [-0.3, -0.25) is 4.79 Å². The van der Waals surface area contributed by atoms with E-state index in [9.17, 15) is 22.4 Å². The van der Waals surface area contributed by atoms with Gasteiger partial charge in [-0.25, -0.2) is 8.78 Å². The van der Waals surface area contributed by atoms with Crippen LogP contribution in [-0.2, 0) is 0 Å². The molecule has 0 aliphatic heterocycles. The predicted molar refractivity (Wildman–Crippen MR) is 49.0 cm³/mol. The number of rotatable bonds is 2. The lowest BCUT2D eigenvalue weighted by Gasteiger charge is -2.10. The highest BCUT2D eigenvalue weighted by atomic mass is 79.9. The second-order valence-corrected chi connectivity index (χ2v) is 3.79. The van der Waals surface area contributed by atoms with E-state index in [4.69, 9.17) is 0 Å². The summed E-state index contributed by atoms with van der Waals surface area (Å²) in [4.78, 5) is 11.0. The van der Waals surface area contributed by atoms with Crippen LogP contribution in [-0.4, -0.2) is 11.7 Å². The van der Waals surface area contributed by atoms with Gasteiger partial charge in [-0.05, 0) is 28.1 Å². The van der Waals surface area contributed by atoms with E-state index in [-0.39, 0.29) is 11.4 Å². The summed E-state index contributed by atoms with van der Waals surface area (Å²) in [5.74, 6) is -8.30. The number of Topliss-reactive ketones (excluding diaryl/α,β-unsaturated/α-hetero) is 1. The van der Waals surface area contributed by atoms with Gasteiger partial charge in [0.1, 0.15) is 5.82 Å². The van der Waals surface area contributed by atoms with Crippen molar-refractivity contribution in [2.45, 2.75) is 12.8 Å². The summed E-state index contributed by atoms with van der Waals surface area (Å²) in [5, 5.41) is 0. The van der Waals surface area contributed by atoms with Crippen LogP contribution in [0.1, 0.15) is 17.3 Å². The zero-order valence-corrected chi connectivity index (χ0v) is 9.04. The minimum atomic E-state index is -3.80.